The molecule has 0 aliphatic carbocycles. The van der Waals surface area contributed by atoms with Crippen LogP contribution in [-0.4, -0.2) is 12.5 Å². The largest absolute Gasteiger partial charge is 0.399 e. The summed E-state index contributed by atoms with van der Waals surface area (Å²) in [6.07, 6.45) is 2.29. The van der Waals surface area contributed by atoms with Gasteiger partial charge in [0.1, 0.15) is 0 Å². The molecule has 0 atom stereocenters. The molecule has 0 unspecified atom stereocenters. The molecule has 1 amide bonds. The quantitative estimate of drug-likeness (QED) is 0.873. The summed E-state index contributed by atoms with van der Waals surface area (Å²) in [4.78, 5) is 15.3. The lowest BCUT2D eigenvalue weighted by Gasteiger charge is -2.29. The molecule has 0 radical (unpaired) electrons. The van der Waals surface area contributed by atoms with Crippen LogP contribution in [0.25, 0.3) is 0 Å². The van der Waals surface area contributed by atoms with Gasteiger partial charge in [-0.1, -0.05) is 6.07 Å². The number of hydrogen-bond donors (Lipinski definition) is 1. The molecule has 3 nitrogen and oxygen atoms in total. The molecular weight excluding hydrogens is 256 g/mol. The predicted molar refractivity (Wildman–Crippen MR) is 79.6 cm³/mol. The van der Waals surface area contributed by atoms with Crippen molar-refractivity contribution in [2.24, 2.45) is 0 Å². The molecule has 0 spiro atoms. The van der Waals surface area contributed by atoms with E-state index in [-0.39, 0.29) is 5.91 Å². The summed E-state index contributed by atoms with van der Waals surface area (Å²) < 4.78 is 0. The van der Waals surface area contributed by atoms with Crippen molar-refractivity contribution in [2.45, 2.75) is 19.3 Å². The van der Waals surface area contributed by atoms with Crippen LogP contribution in [0.2, 0.25) is 0 Å². The van der Waals surface area contributed by atoms with E-state index in [1.54, 1.807) is 11.3 Å². The molecule has 2 heterocycles. The smallest absolute Gasteiger partial charge is 0.227 e. The van der Waals surface area contributed by atoms with E-state index >= 15 is 0 Å². The summed E-state index contributed by atoms with van der Waals surface area (Å²) in [6, 6.07) is 9.99. The van der Waals surface area contributed by atoms with Crippen LogP contribution in [0.1, 0.15) is 16.9 Å². The number of carbonyl (C=O) groups is 1. The third-order valence-corrected chi connectivity index (χ3v) is 4.40. The minimum Gasteiger partial charge on any atom is -0.399 e. The summed E-state index contributed by atoms with van der Waals surface area (Å²) in [5, 5.41) is 2.07. The zero-order valence-electron chi connectivity index (χ0n) is 10.6. The van der Waals surface area contributed by atoms with Crippen LogP contribution in [0, 0.1) is 0 Å². The Hall–Kier alpha value is -1.81. The number of benzene rings is 1. The van der Waals surface area contributed by atoms with Crippen molar-refractivity contribution in [1.82, 2.24) is 0 Å². The Labute approximate surface area is 116 Å². The van der Waals surface area contributed by atoms with Crippen molar-refractivity contribution in [3.05, 3.63) is 46.2 Å². The van der Waals surface area contributed by atoms with E-state index in [9.17, 15) is 4.79 Å². The molecule has 19 heavy (non-hydrogen) atoms. The normalized spacial score (nSPS) is 14.5. The Balaban J connectivity index is 1.82. The average molecular weight is 272 g/mol. The number of aryl methyl sites for hydroxylation is 1. The second-order valence-corrected chi connectivity index (χ2v) is 5.80. The predicted octanol–water partition coefficient (Wildman–Crippen LogP) is 2.85. The van der Waals surface area contributed by atoms with Gasteiger partial charge in [0.15, 0.2) is 0 Å². The van der Waals surface area contributed by atoms with Gasteiger partial charge in [0, 0.05) is 29.2 Å². The molecular formula is C15H16N2OS. The summed E-state index contributed by atoms with van der Waals surface area (Å²) in [5.41, 5.74) is 8.80. The first-order valence-corrected chi connectivity index (χ1v) is 7.33. The number of hydrogen-bond acceptors (Lipinski definition) is 3. The van der Waals surface area contributed by atoms with E-state index in [1.807, 2.05) is 29.2 Å². The highest BCUT2D eigenvalue weighted by atomic mass is 32.1. The highest BCUT2D eigenvalue weighted by molar-refractivity contribution is 7.09. The lowest BCUT2D eigenvalue weighted by molar-refractivity contribution is -0.118. The summed E-state index contributed by atoms with van der Waals surface area (Å²) >= 11 is 1.74. The van der Waals surface area contributed by atoms with Gasteiger partial charge >= 0.3 is 0 Å². The fraction of sp³-hybridized carbons (Fsp3) is 0.267. The summed E-state index contributed by atoms with van der Waals surface area (Å²) in [7, 11) is 0. The second-order valence-electron chi connectivity index (χ2n) is 4.76. The Morgan fingerprint density at radius 3 is 2.95 bits per heavy atom. The topological polar surface area (TPSA) is 46.3 Å². The van der Waals surface area contributed by atoms with Crippen LogP contribution in [0.3, 0.4) is 0 Å². The molecule has 1 aromatic carbocycles. The molecule has 1 aliphatic heterocycles. The lowest BCUT2D eigenvalue weighted by atomic mass is 10.0. The van der Waals surface area contributed by atoms with Crippen molar-refractivity contribution in [3.63, 3.8) is 0 Å². The van der Waals surface area contributed by atoms with Crippen LogP contribution in [0.15, 0.2) is 35.7 Å². The van der Waals surface area contributed by atoms with Crippen molar-refractivity contribution < 1.29 is 4.79 Å². The third-order valence-electron chi connectivity index (χ3n) is 3.47. The molecule has 0 bridgehead atoms. The number of nitrogens with two attached hydrogens (primary N) is 1. The Bertz CT molecular complexity index is 592. The van der Waals surface area contributed by atoms with Gasteiger partial charge < -0.3 is 10.6 Å². The molecule has 4 heteroatoms. The molecule has 1 aromatic heterocycles. The summed E-state index contributed by atoms with van der Waals surface area (Å²) in [5.74, 6) is 0.217. The van der Waals surface area contributed by atoms with Gasteiger partial charge in [0.25, 0.3) is 0 Å². The zero-order chi connectivity index (χ0) is 13.2. The van der Waals surface area contributed by atoms with Gasteiger partial charge in [-0.2, -0.15) is 0 Å². The van der Waals surface area contributed by atoms with E-state index in [1.165, 1.54) is 10.4 Å². The molecule has 1 aliphatic rings. The van der Waals surface area contributed by atoms with Crippen LogP contribution in [0.4, 0.5) is 11.4 Å². The highest BCUT2D eigenvalue weighted by Crippen LogP contribution is 2.29. The molecule has 0 saturated heterocycles. The minimum absolute atomic E-state index is 0.217. The third kappa shape index (κ3) is 2.49. The van der Waals surface area contributed by atoms with Gasteiger partial charge in [0.2, 0.25) is 5.91 Å². The fourth-order valence-corrected chi connectivity index (χ4v) is 3.20. The van der Waals surface area contributed by atoms with Gasteiger partial charge in [0.05, 0.1) is 0 Å². The first kappa shape index (κ1) is 12.2. The van der Waals surface area contributed by atoms with Gasteiger partial charge in [-0.25, -0.2) is 0 Å². The van der Waals surface area contributed by atoms with Crippen LogP contribution < -0.4 is 10.6 Å². The zero-order valence-corrected chi connectivity index (χ0v) is 11.5. The number of nitrogen functional groups attached to an aromatic ring is 1. The second kappa shape index (κ2) is 5.05. The minimum atomic E-state index is 0.217. The van der Waals surface area contributed by atoms with E-state index in [0.717, 1.165) is 30.8 Å². The number of rotatable bonds is 3. The Kier molecular flexibility index (Phi) is 3.25. The first-order chi connectivity index (χ1) is 9.24. The lowest BCUT2D eigenvalue weighted by Crippen LogP contribution is -2.36. The monoisotopic (exact) mass is 272 g/mol. The number of nitrogens with zero attached hydrogens (tertiary/aromatic N) is 1. The number of thiophene rings is 1. The maximum absolute atomic E-state index is 12.1. The molecule has 0 saturated carbocycles. The Morgan fingerprint density at radius 1 is 1.26 bits per heavy atom. The number of fused-ring (bicyclic) bond motifs is 1. The number of anilines is 2. The van der Waals surface area contributed by atoms with Crippen molar-refractivity contribution in [1.29, 1.82) is 0 Å². The Morgan fingerprint density at radius 2 is 2.16 bits per heavy atom. The maximum Gasteiger partial charge on any atom is 0.227 e. The van der Waals surface area contributed by atoms with Crippen LogP contribution in [-0.2, 0) is 17.6 Å². The van der Waals surface area contributed by atoms with E-state index < -0.39 is 0 Å². The fourth-order valence-electron chi connectivity index (χ4n) is 2.50. The van der Waals surface area contributed by atoms with Gasteiger partial charge in [-0.05, 0) is 48.1 Å². The first-order valence-electron chi connectivity index (χ1n) is 6.45. The highest BCUT2D eigenvalue weighted by Gasteiger charge is 2.23. The molecule has 3 rings (SSSR count). The van der Waals surface area contributed by atoms with Gasteiger partial charge in [-0.3, -0.25) is 4.79 Å². The van der Waals surface area contributed by atoms with Crippen LogP contribution in [0.5, 0.6) is 0 Å². The van der Waals surface area contributed by atoms with Crippen LogP contribution >= 0.6 is 11.3 Å². The van der Waals surface area contributed by atoms with Crippen molar-refractivity contribution >= 4 is 28.6 Å². The van der Waals surface area contributed by atoms with Gasteiger partial charge in [-0.15, -0.1) is 11.3 Å². The molecule has 2 N–H and O–H groups in total. The maximum atomic E-state index is 12.1. The molecule has 2 aromatic rings. The molecule has 98 valence electrons. The number of carbonyl (C=O) groups excluding carboxylic acids is 1. The number of amides is 1. The average Bonchev–Trinajstić information content (AvgIpc) is 2.91. The molecule has 0 fully saturated rings. The standard InChI is InChI=1S/C15H16N2OS/c16-12-4-5-14-11(10-12)3-6-15(18)17(14)8-7-13-2-1-9-19-13/h1-2,4-5,9-10H,3,6-8,16H2. The van der Waals surface area contributed by atoms with E-state index in [0.29, 0.717) is 6.42 Å². The van der Waals surface area contributed by atoms with E-state index in [2.05, 4.69) is 11.4 Å². The summed E-state index contributed by atoms with van der Waals surface area (Å²) in [6.45, 7) is 0.746. The SMILES string of the molecule is Nc1ccc2c(c1)CCC(=O)N2CCc1cccs1. The van der Waals surface area contributed by atoms with Crippen molar-refractivity contribution in [2.75, 3.05) is 17.2 Å². The van der Waals surface area contributed by atoms with Crippen molar-refractivity contribution in [3.8, 4) is 0 Å². The van der Waals surface area contributed by atoms with E-state index in [4.69, 9.17) is 5.73 Å².